The minimum absolute atomic E-state index is 0.0335. The smallest absolute Gasteiger partial charge is 0.376 e. The first-order chi connectivity index (χ1) is 13.8. The molecule has 1 atom stereocenters. The molecule has 0 radical (unpaired) electrons. The van der Waals surface area contributed by atoms with Gasteiger partial charge in [0.2, 0.25) is 5.91 Å². The van der Waals surface area contributed by atoms with Gasteiger partial charge in [-0.25, -0.2) is 0 Å². The summed E-state index contributed by atoms with van der Waals surface area (Å²) in [5.41, 5.74) is -0.962. The number of carbonyl (C=O) groups is 1. The fourth-order valence-corrected chi connectivity index (χ4v) is 3.91. The SMILES string of the molecule is CCc1nnc(SCC(=O)Nc2cc(C(F)(F)F)ccc2Cl)n1CC1CCCO1. The molecular formula is C18H20ClF3N4O2S. The fourth-order valence-electron chi connectivity index (χ4n) is 2.98. The highest BCUT2D eigenvalue weighted by Gasteiger charge is 2.31. The van der Waals surface area contributed by atoms with E-state index in [0.29, 0.717) is 18.1 Å². The number of amides is 1. The largest absolute Gasteiger partial charge is 0.416 e. The minimum Gasteiger partial charge on any atom is -0.376 e. The number of aryl methyl sites for hydroxylation is 1. The van der Waals surface area contributed by atoms with E-state index in [-0.39, 0.29) is 22.6 Å². The summed E-state index contributed by atoms with van der Waals surface area (Å²) in [5.74, 6) is 0.269. The number of nitrogens with zero attached hydrogens (tertiary/aromatic N) is 3. The van der Waals surface area contributed by atoms with Crippen molar-refractivity contribution in [2.24, 2.45) is 0 Å². The van der Waals surface area contributed by atoms with Crippen molar-refractivity contribution in [2.75, 3.05) is 17.7 Å². The number of thioether (sulfide) groups is 1. The number of alkyl halides is 3. The number of nitrogens with one attached hydrogen (secondary N) is 1. The predicted molar refractivity (Wildman–Crippen MR) is 104 cm³/mol. The van der Waals surface area contributed by atoms with Crippen molar-refractivity contribution >= 4 is 35.0 Å². The molecule has 1 N–H and O–H groups in total. The van der Waals surface area contributed by atoms with Gasteiger partial charge in [0.15, 0.2) is 5.16 Å². The lowest BCUT2D eigenvalue weighted by Crippen LogP contribution is -2.19. The summed E-state index contributed by atoms with van der Waals surface area (Å²) in [6, 6.07) is 2.80. The van der Waals surface area contributed by atoms with Gasteiger partial charge < -0.3 is 14.6 Å². The molecule has 1 saturated heterocycles. The number of ether oxygens (including phenoxy) is 1. The van der Waals surface area contributed by atoms with Gasteiger partial charge in [0.05, 0.1) is 34.7 Å². The van der Waals surface area contributed by atoms with Crippen molar-refractivity contribution < 1.29 is 22.7 Å². The molecule has 1 aliphatic rings. The van der Waals surface area contributed by atoms with Crippen LogP contribution in [0.4, 0.5) is 18.9 Å². The third-order valence-corrected chi connectivity index (χ3v) is 5.72. The second-order valence-corrected chi connectivity index (χ2v) is 7.88. The average Bonchev–Trinajstić information content (AvgIpc) is 3.31. The van der Waals surface area contributed by atoms with Crippen LogP contribution < -0.4 is 5.32 Å². The standard InChI is InChI=1S/C18H20ClF3N4O2S/c1-2-15-24-25-17(26(15)9-12-4-3-7-28-12)29-10-16(27)23-14-8-11(18(20,21)22)5-6-13(14)19/h5-6,8,12H,2-4,7,9-10H2,1H3,(H,23,27). The van der Waals surface area contributed by atoms with Crippen molar-refractivity contribution in [3.8, 4) is 0 Å². The Balaban J connectivity index is 1.65. The number of rotatable bonds is 7. The van der Waals surface area contributed by atoms with Crippen molar-refractivity contribution in [3.05, 3.63) is 34.6 Å². The van der Waals surface area contributed by atoms with E-state index in [2.05, 4.69) is 15.5 Å². The summed E-state index contributed by atoms with van der Waals surface area (Å²) in [4.78, 5) is 12.3. The van der Waals surface area contributed by atoms with Crippen LogP contribution in [0.15, 0.2) is 23.4 Å². The molecule has 11 heteroatoms. The van der Waals surface area contributed by atoms with E-state index in [1.807, 2.05) is 11.5 Å². The number of carbonyl (C=O) groups excluding carboxylic acids is 1. The molecule has 0 aliphatic carbocycles. The zero-order chi connectivity index (χ0) is 21.0. The fraction of sp³-hybridized carbons (Fsp3) is 0.500. The Morgan fingerprint density at radius 2 is 2.21 bits per heavy atom. The van der Waals surface area contributed by atoms with E-state index in [4.69, 9.17) is 16.3 Å². The summed E-state index contributed by atoms with van der Waals surface area (Å²) < 4.78 is 46.2. The minimum atomic E-state index is -4.52. The quantitative estimate of drug-likeness (QED) is 0.635. The van der Waals surface area contributed by atoms with Crippen LogP contribution in [0.3, 0.4) is 0 Å². The summed E-state index contributed by atoms with van der Waals surface area (Å²) >= 11 is 7.09. The Hall–Kier alpha value is -1.78. The highest BCUT2D eigenvalue weighted by atomic mass is 35.5. The maximum atomic E-state index is 12.9. The van der Waals surface area contributed by atoms with Crippen LogP contribution in [0.25, 0.3) is 0 Å². The van der Waals surface area contributed by atoms with Gasteiger partial charge in [0.25, 0.3) is 0 Å². The van der Waals surface area contributed by atoms with Crippen LogP contribution in [0.2, 0.25) is 5.02 Å². The van der Waals surface area contributed by atoms with Crippen LogP contribution in [-0.2, 0) is 28.7 Å². The molecule has 1 fully saturated rings. The van der Waals surface area contributed by atoms with Gasteiger partial charge in [-0.3, -0.25) is 4.79 Å². The second kappa shape index (κ2) is 9.36. The first-order valence-electron chi connectivity index (χ1n) is 9.11. The summed E-state index contributed by atoms with van der Waals surface area (Å²) in [6.07, 6.45) is -1.77. The third-order valence-electron chi connectivity index (χ3n) is 4.42. The molecular weight excluding hydrogens is 429 g/mol. The molecule has 1 aromatic carbocycles. The van der Waals surface area contributed by atoms with E-state index in [1.165, 1.54) is 11.8 Å². The molecule has 0 spiro atoms. The Kier molecular flexibility index (Phi) is 7.07. The molecule has 29 heavy (non-hydrogen) atoms. The zero-order valence-corrected chi connectivity index (χ0v) is 17.2. The monoisotopic (exact) mass is 448 g/mol. The van der Waals surface area contributed by atoms with Crippen LogP contribution in [0.5, 0.6) is 0 Å². The van der Waals surface area contributed by atoms with E-state index >= 15 is 0 Å². The molecule has 0 bridgehead atoms. The molecule has 1 amide bonds. The zero-order valence-electron chi connectivity index (χ0n) is 15.6. The number of anilines is 1. The van der Waals surface area contributed by atoms with E-state index < -0.39 is 17.6 Å². The van der Waals surface area contributed by atoms with Crippen LogP contribution >= 0.6 is 23.4 Å². The van der Waals surface area contributed by atoms with Crippen molar-refractivity contribution in [1.29, 1.82) is 0 Å². The first-order valence-corrected chi connectivity index (χ1v) is 10.5. The van der Waals surface area contributed by atoms with Gasteiger partial charge in [0, 0.05) is 13.0 Å². The number of hydrogen-bond acceptors (Lipinski definition) is 5. The maximum Gasteiger partial charge on any atom is 0.416 e. The van der Waals surface area contributed by atoms with Crippen LogP contribution in [-0.4, -0.2) is 39.1 Å². The Bertz CT molecular complexity index is 869. The molecule has 1 aliphatic heterocycles. The van der Waals surface area contributed by atoms with Crippen LogP contribution in [0, 0.1) is 0 Å². The predicted octanol–water partition coefficient (Wildman–Crippen LogP) is 4.42. The highest BCUT2D eigenvalue weighted by Crippen LogP contribution is 2.34. The lowest BCUT2D eigenvalue weighted by molar-refractivity contribution is -0.137. The molecule has 2 aromatic rings. The van der Waals surface area contributed by atoms with Crippen molar-refractivity contribution in [3.63, 3.8) is 0 Å². The van der Waals surface area contributed by atoms with E-state index in [9.17, 15) is 18.0 Å². The number of benzene rings is 1. The Morgan fingerprint density at radius 3 is 2.86 bits per heavy atom. The lowest BCUT2D eigenvalue weighted by Gasteiger charge is -2.14. The molecule has 2 heterocycles. The number of aromatic nitrogens is 3. The molecule has 6 nitrogen and oxygen atoms in total. The van der Waals surface area contributed by atoms with Crippen LogP contribution in [0.1, 0.15) is 31.2 Å². The van der Waals surface area contributed by atoms with Gasteiger partial charge in [-0.05, 0) is 31.0 Å². The van der Waals surface area contributed by atoms with Gasteiger partial charge in [-0.1, -0.05) is 30.3 Å². The molecule has 1 unspecified atom stereocenters. The third kappa shape index (κ3) is 5.64. The summed E-state index contributed by atoms with van der Waals surface area (Å²) in [6.45, 7) is 3.31. The van der Waals surface area contributed by atoms with Crippen molar-refractivity contribution in [1.82, 2.24) is 14.8 Å². The first kappa shape index (κ1) is 21.9. The van der Waals surface area contributed by atoms with E-state index in [1.54, 1.807) is 0 Å². The van der Waals surface area contributed by atoms with Gasteiger partial charge >= 0.3 is 6.18 Å². The normalized spacial score (nSPS) is 16.9. The van der Waals surface area contributed by atoms with Gasteiger partial charge in [0.1, 0.15) is 5.82 Å². The lowest BCUT2D eigenvalue weighted by atomic mass is 10.2. The maximum absolute atomic E-state index is 12.9. The molecule has 0 saturated carbocycles. The molecule has 158 valence electrons. The molecule has 3 rings (SSSR count). The number of halogens is 4. The molecule has 1 aromatic heterocycles. The Morgan fingerprint density at radius 1 is 1.41 bits per heavy atom. The van der Waals surface area contributed by atoms with Gasteiger partial charge in [-0.15, -0.1) is 10.2 Å². The Labute approximate surface area is 175 Å². The highest BCUT2D eigenvalue weighted by molar-refractivity contribution is 7.99. The number of hydrogen-bond donors (Lipinski definition) is 1. The topological polar surface area (TPSA) is 69.0 Å². The summed E-state index contributed by atoms with van der Waals surface area (Å²) in [7, 11) is 0. The van der Waals surface area contributed by atoms with E-state index in [0.717, 1.165) is 43.5 Å². The van der Waals surface area contributed by atoms with Crippen molar-refractivity contribution in [2.45, 2.75) is 50.2 Å². The second-order valence-electron chi connectivity index (χ2n) is 6.53. The summed E-state index contributed by atoms with van der Waals surface area (Å²) in [5, 5.41) is 11.3. The average molecular weight is 449 g/mol. The van der Waals surface area contributed by atoms with Gasteiger partial charge in [-0.2, -0.15) is 13.2 Å².